The molecule has 2 heterocycles. The molecule has 0 fully saturated rings. The molecular formula is C30H24F3N7O4. The zero-order valence-electron chi connectivity index (χ0n) is 23.3. The summed E-state index contributed by atoms with van der Waals surface area (Å²) in [6, 6.07) is 17.5. The summed E-state index contributed by atoms with van der Waals surface area (Å²) in [7, 11) is 1.50. The number of aliphatic imine (C=N–C) groups is 1. The molecule has 11 nitrogen and oxygen atoms in total. The van der Waals surface area contributed by atoms with Gasteiger partial charge in [-0.15, -0.1) is 0 Å². The maximum atomic E-state index is 13.5. The van der Waals surface area contributed by atoms with E-state index in [2.05, 4.69) is 30.9 Å². The summed E-state index contributed by atoms with van der Waals surface area (Å²) in [6.07, 6.45) is -1.64. The Bertz CT molecular complexity index is 1810. The Labute approximate surface area is 248 Å². The van der Waals surface area contributed by atoms with Gasteiger partial charge in [0.15, 0.2) is 0 Å². The molecule has 0 aliphatic rings. The second-order valence-electron chi connectivity index (χ2n) is 9.45. The first-order valence-corrected chi connectivity index (χ1v) is 13.0. The second-order valence-corrected chi connectivity index (χ2v) is 9.45. The number of hydrogen-bond acceptors (Lipinski definition) is 8. The third kappa shape index (κ3) is 7.34. The first-order valence-electron chi connectivity index (χ1n) is 13.0. The van der Waals surface area contributed by atoms with Crippen molar-refractivity contribution in [2.24, 2.45) is 4.99 Å². The highest BCUT2D eigenvalue weighted by atomic mass is 19.4. The summed E-state index contributed by atoms with van der Waals surface area (Å²) in [4.78, 5) is 24.8. The van der Waals surface area contributed by atoms with Crippen LogP contribution in [0.4, 0.5) is 35.2 Å². The highest BCUT2D eigenvalue weighted by molar-refractivity contribution is 5.99. The van der Waals surface area contributed by atoms with Crippen LogP contribution < -0.4 is 25.2 Å². The van der Waals surface area contributed by atoms with E-state index in [4.69, 9.17) is 9.26 Å². The van der Waals surface area contributed by atoms with Crippen molar-refractivity contribution in [1.29, 1.82) is 0 Å². The average Bonchev–Trinajstić information content (AvgIpc) is 3.43. The Balaban J connectivity index is 1.25. The van der Waals surface area contributed by atoms with Gasteiger partial charge in [0, 0.05) is 23.0 Å². The molecule has 0 bridgehead atoms. The van der Waals surface area contributed by atoms with Crippen LogP contribution in [0.3, 0.4) is 0 Å². The van der Waals surface area contributed by atoms with E-state index < -0.39 is 23.7 Å². The Hall–Kier alpha value is -5.79. The van der Waals surface area contributed by atoms with Crippen LogP contribution in [0.2, 0.25) is 0 Å². The van der Waals surface area contributed by atoms with Gasteiger partial charge in [-0.1, -0.05) is 54.6 Å². The first kappa shape index (κ1) is 29.7. The topological polar surface area (TPSA) is 141 Å². The van der Waals surface area contributed by atoms with Crippen molar-refractivity contribution in [1.82, 2.24) is 15.2 Å². The summed E-state index contributed by atoms with van der Waals surface area (Å²) in [5.41, 5.74) is 2.01. The van der Waals surface area contributed by atoms with Crippen LogP contribution in [0.15, 0.2) is 94.7 Å². The summed E-state index contributed by atoms with van der Waals surface area (Å²) >= 11 is 0. The lowest BCUT2D eigenvalue weighted by atomic mass is 10.0. The summed E-state index contributed by atoms with van der Waals surface area (Å²) in [5.74, 6) is -0.785. The number of carbonyl (C=O) groups excluding carboxylic acids is 1. The van der Waals surface area contributed by atoms with Gasteiger partial charge in [-0.25, -0.2) is 9.78 Å². The SMILES string of the molecule is COc1ncc(-c2ccc(C[n+]3cc(NC(=O)Nc4cc(N=C([O-])c5ccccc5)cc(C(F)(F)F)c4)on3)cc2)c(C)n1. The van der Waals surface area contributed by atoms with Crippen molar-refractivity contribution < 1.29 is 37.0 Å². The van der Waals surface area contributed by atoms with E-state index >= 15 is 0 Å². The average molecular weight is 604 g/mol. The van der Waals surface area contributed by atoms with E-state index in [0.717, 1.165) is 40.6 Å². The highest BCUT2D eigenvalue weighted by Crippen LogP contribution is 2.34. The maximum Gasteiger partial charge on any atom is 0.416 e. The van der Waals surface area contributed by atoms with Crippen LogP contribution in [0, 0.1) is 6.92 Å². The lowest BCUT2D eigenvalue weighted by molar-refractivity contribution is -0.754. The minimum absolute atomic E-state index is 0.0544. The number of amides is 2. The number of methoxy groups -OCH3 is 1. The van der Waals surface area contributed by atoms with Crippen LogP contribution in [0.1, 0.15) is 22.4 Å². The number of carbonyl (C=O) groups is 1. The fourth-order valence-corrected chi connectivity index (χ4v) is 4.16. The normalized spacial score (nSPS) is 11.7. The molecule has 5 aromatic rings. The number of halogens is 3. The number of benzene rings is 3. The molecule has 0 aliphatic heterocycles. The minimum atomic E-state index is -4.75. The molecule has 2 aromatic heterocycles. The molecule has 224 valence electrons. The predicted octanol–water partition coefficient (Wildman–Crippen LogP) is 4.89. The summed E-state index contributed by atoms with van der Waals surface area (Å²) < 4.78 is 52.2. The summed E-state index contributed by atoms with van der Waals surface area (Å²) in [6.45, 7) is 2.16. The number of aryl methyl sites for hydroxylation is 1. The fraction of sp³-hybridized carbons (Fsp3) is 0.133. The van der Waals surface area contributed by atoms with Crippen molar-refractivity contribution in [3.8, 4) is 17.1 Å². The number of alkyl halides is 3. The van der Waals surface area contributed by atoms with Crippen molar-refractivity contribution >= 4 is 29.2 Å². The molecule has 44 heavy (non-hydrogen) atoms. The van der Waals surface area contributed by atoms with Crippen molar-refractivity contribution in [2.45, 2.75) is 19.6 Å². The van der Waals surface area contributed by atoms with Crippen molar-refractivity contribution in [2.75, 3.05) is 17.7 Å². The Kier molecular flexibility index (Phi) is 8.51. The molecule has 0 aliphatic carbocycles. The highest BCUT2D eigenvalue weighted by Gasteiger charge is 2.31. The van der Waals surface area contributed by atoms with Crippen LogP contribution in [0.25, 0.3) is 11.1 Å². The number of nitrogens with zero attached hydrogens (tertiary/aromatic N) is 5. The quantitative estimate of drug-likeness (QED) is 0.146. The van der Waals surface area contributed by atoms with Gasteiger partial charge in [0.1, 0.15) is 0 Å². The molecule has 0 spiro atoms. The molecule has 2 N–H and O–H groups in total. The molecule has 5 rings (SSSR count). The predicted molar refractivity (Wildman–Crippen MR) is 151 cm³/mol. The van der Waals surface area contributed by atoms with Gasteiger partial charge in [0.2, 0.25) is 11.8 Å². The number of ether oxygens (including phenoxy) is 1. The van der Waals surface area contributed by atoms with Gasteiger partial charge in [-0.3, -0.25) is 14.8 Å². The van der Waals surface area contributed by atoms with Crippen molar-refractivity contribution in [3.05, 3.63) is 108 Å². The van der Waals surface area contributed by atoms with Crippen LogP contribution in [0.5, 0.6) is 6.01 Å². The maximum absolute atomic E-state index is 13.5. The third-order valence-electron chi connectivity index (χ3n) is 6.25. The molecule has 0 saturated carbocycles. The monoisotopic (exact) mass is 603 g/mol. The molecular weight excluding hydrogens is 579 g/mol. The molecule has 2 amide bonds. The summed E-state index contributed by atoms with van der Waals surface area (Å²) in [5, 5.41) is 21.0. The lowest BCUT2D eigenvalue weighted by Gasteiger charge is -2.14. The number of aromatic nitrogens is 4. The Morgan fingerprint density at radius 1 is 1.07 bits per heavy atom. The van der Waals surface area contributed by atoms with Crippen LogP contribution in [-0.4, -0.2) is 34.3 Å². The fourth-order valence-electron chi connectivity index (χ4n) is 4.16. The van der Waals surface area contributed by atoms with Gasteiger partial charge in [0.05, 0.1) is 24.1 Å². The molecule has 0 radical (unpaired) electrons. The molecule has 14 heteroatoms. The second kappa shape index (κ2) is 12.6. The van der Waals surface area contributed by atoms with E-state index in [9.17, 15) is 23.1 Å². The van der Waals surface area contributed by atoms with Gasteiger partial charge >= 0.3 is 24.1 Å². The van der Waals surface area contributed by atoms with Gasteiger partial charge in [-0.05, 0) is 46.8 Å². The molecule has 3 aromatic carbocycles. The van der Waals surface area contributed by atoms with Crippen molar-refractivity contribution in [3.63, 3.8) is 0 Å². The van der Waals surface area contributed by atoms with Gasteiger partial charge < -0.3 is 15.2 Å². The first-order chi connectivity index (χ1) is 21.1. The van der Waals surface area contributed by atoms with Gasteiger partial charge in [-0.2, -0.15) is 18.2 Å². The standard InChI is InChI=1S/C30H24F3N7O4/c1-18-25(15-34-29(35-18)43-2)20-10-8-19(9-11-20)16-40-17-26(44-39-40)38-28(42)37-24-13-22(30(31,32)33)12-23(14-24)36-27(41)21-6-4-3-5-7-21/h3-15,17H,16H2,1-2H3,(H2-,36,37,38,39,41,42). The Morgan fingerprint density at radius 3 is 2.50 bits per heavy atom. The van der Waals surface area contributed by atoms with E-state index in [0.29, 0.717) is 6.54 Å². The number of urea groups is 1. The number of hydrogen-bond donors (Lipinski definition) is 2. The number of nitrogens with one attached hydrogen (secondary N) is 2. The number of rotatable bonds is 8. The zero-order chi connectivity index (χ0) is 31.3. The molecule has 0 unspecified atom stereocenters. The van der Waals surface area contributed by atoms with E-state index in [1.165, 1.54) is 30.1 Å². The minimum Gasteiger partial charge on any atom is -0.858 e. The zero-order valence-corrected chi connectivity index (χ0v) is 23.3. The van der Waals surface area contributed by atoms with Crippen LogP contribution >= 0.6 is 0 Å². The Morgan fingerprint density at radius 2 is 1.82 bits per heavy atom. The molecule has 0 atom stereocenters. The third-order valence-corrected chi connectivity index (χ3v) is 6.25. The smallest absolute Gasteiger partial charge is 0.416 e. The number of anilines is 2. The van der Waals surface area contributed by atoms with Crippen LogP contribution in [-0.2, 0) is 12.7 Å². The lowest BCUT2D eigenvalue weighted by Crippen LogP contribution is -2.35. The largest absolute Gasteiger partial charge is 0.858 e. The van der Waals surface area contributed by atoms with E-state index in [-0.39, 0.29) is 28.8 Å². The van der Waals surface area contributed by atoms with Gasteiger partial charge in [0.25, 0.3) is 6.20 Å². The van der Waals surface area contributed by atoms with E-state index in [1.807, 2.05) is 31.2 Å². The molecule has 0 saturated heterocycles. The van der Waals surface area contributed by atoms with E-state index in [1.54, 1.807) is 24.4 Å².